The van der Waals surface area contributed by atoms with E-state index in [4.69, 9.17) is 4.52 Å². The fourth-order valence-corrected chi connectivity index (χ4v) is 3.09. The molecule has 2 aromatic carbocycles. The van der Waals surface area contributed by atoms with Gasteiger partial charge < -0.3 is 14.7 Å². The van der Waals surface area contributed by atoms with Gasteiger partial charge in [-0.15, -0.1) is 0 Å². The van der Waals surface area contributed by atoms with E-state index in [0.29, 0.717) is 19.0 Å². The molecule has 5 nitrogen and oxygen atoms in total. The largest absolute Gasteiger partial charge is 0.356 e. The molecule has 0 radical (unpaired) electrons. The zero-order chi connectivity index (χ0) is 20.1. The van der Waals surface area contributed by atoms with Crippen LogP contribution in [0.3, 0.4) is 0 Å². The molecule has 0 spiro atoms. The lowest BCUT2D eigenvalue weighted by atomic mass is 10.0. The molecule has 5 heteroatoms. The Kier molecular flexibility index (Phi) is 6.14. The van der Waals surface area contributed by atoms with E-state index in [1.165, 1.54) is 5.56 Å². The lowest BCUT2D eigenvalue weighted by molar-refractivity contribution is 0.200. The molecule has 146 valence electrons. The maximum Gasteiger partial charge on any atom is 0.322 e. The third-order valence-electron chi connectivity index (χ3n) is 4.47. The Morgan fingerprint density at radius 2 is 1.86 bits per heavy atom. The summed E-state index contributed by atoms with van der Waals surface area (Å²) in [4.78, 5) is 14.6. The van der Waals surface area contributed by atoms with Crippen LogP contribution in [0.15, 0.2) is 59.1 Å². The van der Waals surface area contributed by atoms with Crippen LogP contribution in [-0.4, -0.2) is 22.6 Å². The fourth-order valence-electron chi connectivity index (χ4n) is 3.09. The van der Waals surface area contributed by atoms with Gasteiger partial charge in [-0.1, -0.05) is 54.9 Å². The second-order valence-electron chi connectivity index (χ2n) is 7.57. The Balaban J connectivity index is 1.77. The minimum Gasteiger partial charge on any atom is -0.356 e. The number of urea groups is 1. The molecule has 3 rings (SSSR count). The topological polar surface area (TPSA) is 58.4 Å². The van der Waals surface area contributed by atoms with Gasteiger partial charge in [0.1, 0.15) is 5.69 Å². The molecule has 0 fully saturated rings. The minimum absolute atomic E-state index is 0.142. The van der Waals surface area contributed by atoms with Crippen molar-refractivity contribution in [3.63, 3.8) is 0 Å². The van der Waals surface area contributed by atoms with Crippen molar-refractivity contribution in [2.45, 2.75) is 34.2 Å². The summed E-state index contributed by atoms with van der Waals surface area (Å²) in [5.74, 6) is 1.07. The molecule has 28 heavy (non-hydrogen) atoms. The third-order valence-corrected chi connectivity index (χ3v) is 4.47. The Hall–Kier alpha value is -3.08. The molecule has 0 saturated carbocycles. The van der Waals surface area contributed by atoms with Crippen LogP contribution in [0.1, 0.15) is 30.7 Å². The van der Waals surface area contributed by atoms with Crippen molar-refractivity contribution in [1.29, 1.82) is 0 Å². The first-order valence-electron chi connectivity index (χ1n) is 9.56. The van der Waals surface area contributed by atoms with Crippen molar-refractivity contribution in [3.8, 4) is 11.3 Å². The van der Waals surface area contributed by atoms with E-state index in [9.17, 15) is 4.79 Å². The number of aryl methyl sites for hydroxylation is 2. The monoisotopic (exact) mass is 377 g/mol. The average molecular weight is 377 g/mol. The number of carbonyl (C=O) groups is 1. The molecule has 1 N–H and O–H groups in total. The van der Waals surface area contributed by atoms with E-state index in [0.717, 1.165) is 28.3 Å². The Labute approximate surface area is 166 Å². The SMILES string of the molecule is Cc1ccc(C)c(-c2cc(CN(CC(C)C)C(=O)Nc3ccccc3)no2)c1. The second kappa shape index (κ2) is 8.74. The van der Waals surface area contributed by atoms with E-state index < -0.39 is 0 Å². The number of para-hydroxylation sites is 1. The molecule has 3 aromatic rings. The summed E-state index contributed by atoms with van der Waals surface area (Å²) in [6.45, 7) is 9.31. The van der Waals surface area contributed by atoms with Crippen molar-refractivity contribution in [3.05, 3.63) is 71.4 Å². The molecular formula is C23H27N3O2. The summed E-state index contributed by atoms with van der Waals surface area (Å²) < 4.78 is 5.58. The zero-order valence-electron chi connectivity index (χ0n) is 16.9. The van der Waals surface area contributed by atoms with E-state index in [1.54, 1.807) is 4.90 Å². The van der Waals surface area contributed by atoms with Crippen LogP contribution in [0.4, 0.5) is 10.5 Å². The predicted molar refractivity (Wildman–Crippen MR) is 112 cm³/mol. The van der Waals surface area contributed by atoms with Crippen molar-refractivity contribution in [2.75, 3.05) is 11.9 Å². The van der Waals surface area contributed by atoms with Crippen LogP contribution in [0.5, 0.6) is 0 Å². The molecule has 2 amide bonds. The number of nitrogens with zero attached hydrogens (tertiary/aromatic N) is 2. The molecule has 0 bridgehead atoms. The number of hydrogen-bond donors (Lipinski definition) is 1. The van der Waals surface area contributed by atoms with Crippen LogP contribution in [0.25, 0.3) is 11.3 Å². The van der Waals surface area contributed by atoms with E-state index >= 15 is 0 Å². The normalized spacial score (nSPS) is 10.9. The van der Waals surface area contributed by atoms with Crippen LogP contribution >= 0.6 is 0 Å². The van der Waals surface area contributed by atoms with Gasteiger partial charge in [0, 0.05) is 23.9 Å². The van der Waals surface area contributed by atoms with Crippen LogP contribution in [0.2, 0.25) is 0 Å². The van der Waals surface area contributed by atoms with Gasteiger partial charge in [-0.25, -0.2) is 4.79 Å². The van der Waals surface area contributed by atoms with Crippen molar-refractivity contribution < 1.29 is 9.32 Å². The van der Waals surface area contributed by atoms with Gasteiger partial charge in [0.05, 0.1) is 6.54 Å². The number of anilines is 1. The summed E-state index contributed by atoms with van der Waals surface area (Å²) in [6.07, 6.45) is 0. The molecule has 1 heterocycles. The van der Waals surface area contributed by atoms with E-state index in [-0.39, 0.29) is 6.03 Å². The number of amides is 2. The highest BCUT2D eigenvalue weighted by molar-refractivity contribution is 5.89. The van der Waals surface area contributed by atoms with E-state index in [2.05, 4.69) is 56.4 Å². The highest BCUT2D eigenvalue weighted by Gasteiger charge is 2.18. The second-order valence-corrected chi connectivity index (χ2v) is 7.57. The Bertz CT molecular complexity index is 932. The van der Waals surface area contributed by atoms with Crippen LogP contribution in [-0.2, 0) is 6.54 Å². The Morgan fingerprint density at radius 3 is 2.57 bits per heavy atom. The van der Waals surface area contributed by atoms with Crippen molar-refractivity contribution in [1.82, 2.24) is 10.1 Å². The standard InChI is InChI=1S/C23H27N3O2/c1-16(2)14-26(23(27)24-19-8-6-5-7-9-19)15-20-13-22(28-25-20)21-12-17(3)10-11-18(21)4/h5-13,16H,14-15H2,1-4H3,(H,24,27). The van der Waals surface area contributed by atoms with Gasteiger partial charge in [0.2, 0.25) is 0 Å². The zero-order valence-corrected chi connectivity index (χ0v) is 16.9. The lowest BCUT2D eigenvalue weighted by Gasteiger charge is -2.24. The number of aromatic nitrogens is 1. The molecule has 0 aliphatic carbocycles. The number of rotatable bonds is 6. The number of carbonyl (C=O) groups excluding carboxylic acids is 1. The van der Waals surface area contributed by atoms with Gasteiger partial charge >= 0.3 is 6.03 Å². The van der Waals surface area contributed by atoms with Crippen molar-refractivity contribution >= 4 is 11.7 Å². The first-order chi connectivity index (χ1) is 13.4. The number of benzene rings is 2. The quantitative estimate of drug-likeness (QED) is 0.604. The minimum atomic E-state index is -0.142. The highest BCUT2D eigenvalue weighted by Crippen LogP contribution is 2.26. The average Bonchev–Trinajstić information content (AvgIpc) is 3.12. The summed E-state index contributed by atoms with van der Waals surface area (Å²) in [5, 5.41) is 7.15. The van der Waals surface area contributed by atoms with Gasteiger partial charge in [-0.3, -0.25) is 0 Å². The molecule has 0 atom stereocenters. The number of nitrogens with one attached hydrogen (secondary N) is 1. The van der Waals surface area contributed by atoms with Gasteiger partial charge in [-0.2, -0.15) is 0 Å². The summed E-state index contributed by atoms with van der Waals surface area (Å²) in [6, 6.07) is 17.5. The first-order valence-corrected chi connectivity index (χ1v) is 9.56. The predicted octanol–water partition coefficient (Wildman–Crippen LogP) is 5.65. The molecule has 0 saturated heterocycles. The molecule has 0 aliphatic heterocycles. The van der Waals surface area contributed by atoms with Gasteiger partial charge in [0.15, 0.2) is 5.76 Å². The van der Waals surface area contributed by atoms with E-state index in [1.807, 2.05) is 36.4 Å². The first kappa shape index (κ1) is 19.7. The summed E-state index contributed by atoms with van der Waals surface area (Å²) >= 11 is 0. The molecule has 0 unspecified atom stereocenters. The summed E-state index contributed by atoms with van der Waals surface area (Å²) in [7, 11) is 0. The summed E-state index contributed by atoms with van der Waals surface area (Å²) in [5.41, 5.74) is 4.84. The van der Waals surface area contributed by atoms with Gasteiger partial charge in [-0.05, 0) is 43.5 Å². The van der Waals surface area contributed by atoms with Crippen LogP contribution < -0.4 is 5.32 Å². The maximum atomic E-state index is 12.8. The Morgan fingerprint density at radius 1 is 1.11 bits per heavy atom. The molecule has 0 aliphatic rings. The van der Waals surface area contributed by atoms with Crippen LogP contribution in [0, 0.1) is 19.8 Å². The highest BCUT2D eigenvalue weighted by atomic mass is 16.5. The smallest absolute Gasteiger partial charge is 0.322 e. The lowest BCUT2D eigenvalue weighted by Crippen LogP contribution is -2.37. The third kappa shape index (κ3) is 5.00. The fraction of sp³-hybridized carbons (Fsp3) is 0.304. The van der Waals surface area contributed by atoms with Crippen molar-refractivity contribution in [2.24, 2.45) is 5.92 Å². The molecule has 1 aromatic heterocycles. The molecular weight excluding hydrogens is 350 g/mol. The maximum absolute atomic E-state index is 12.8. The van der Waals surface area contributed by atoms with Gasteiger partial charge in [0.25, 0.3) is 0 Å². The number of hydrogen-bond acceptors (Lipinski definition) is 3.